The Kier molecular flexibility index (Phi) is 9.79. The number of hydrogen-bond acceptors (Lipinski definition) is 4. The fourth-order valence-electron chi connectivity index (χ4n) is 4.52. The highest BCUT2D eigenvalue weighted by Gasteiger charge is 2.22. The van der Waals surface area contributed by atoms with Crippen molar-refractivity contribution in [3.05, 3.63) is 63.4 Å². The summed E-state index contributed by atoms with van der Waals surface area (Å²) in [5, 5.41) is 3.59. The molecule has 6 nitrogen and oxygen atoms in total. The SMILES string of the molecule is CCCCOc1ccc(OCCCC)c2c1c(=O)cc(C(=O)Nc1c(C(C)C)cccc1C(C)C)n2C. The van der Waals surface area contributed by atoms with Crippen LogP contribution in [-0.2, 0) is 7.05 Å². The zero-order valence-corrected chi connectivity index (χ0v) is 23.4. The highest BCUT2D eigenvalue weighted by molar-refractivity contribution is 6.06. The number of unbranched alkanes of at least 4 members (excludes halogenated alkanes) is 2. The number of anilines is 1. The predicted molar refractivity (Wildman–Crippen MR) is 153 cm³/mol. The van der Waals surface area contributed by atoms with Crippen molar-refractivity contribution in [2.24, 2.45) is 7.05 Å². The van der Waals surface area contributed by atoms with E-state index in [1.165, 1.54) is 6.07 Å². The van der Waals surface area contributed by atoms with Gasteiger partial charge in [-0.25, -0.2) is 0 Å². The fourth-order valence-corrected chi connectivity index (χ4v) is 4.52. The second-order valence-corrected chi connectivity index (χ2v) is 10.2. The van der Waals surface area contributed by atoms with Crippen molar-refractivity contribution < 1.29 is 14.3 Å². The molecule has 0 aliphatic heterocycles. The number of aromatic nitrogens is 1. The first kappa shape index (κ1) is 28.3. The van der Waals surface area contributed by atoms with Crippen LogP contribution in [-0.4, -0.2) is 23.7 Å². The molecule has 3 rings (SSSR count). The lowest BCUT2D eigenvalue weighted by molar-refractivity contribution is 0.101. The number of hydrogen-bond donors (Lipinski definition) is 1. The summed E-state index contributed by atoms with van der Waals surface area (Å²) in [6, 6.07) is 11.2. The first-order valence-electron chi connectivity index (χ1n) is 13.6. The van der Waals surface area contributed by atoms with Gasteiger partial charge >= 0.3 is 0 Å². The molecule has 0 saturated carbocycles. The van der Waals surface area contributed by atoms with E-state index < -0.39 is 0 Å². The Morgan fingerprint density at radius 3 is 1.97 bits per heavy atom. The molecule has 1 heterocycles. The van der Waals surface area contributed by atoms with Crippen LogP contribution in [0.5, 0.6) is 11.5 Å². The molecule has 0 aliphatic carbocycles. The van der Waals surface area contributed by atoms with Crippen LogP contribution in [0.4, 0.5) is 5.69 Å². The van der Waals surface area contributed by atoms with E-state index in [-0.39, 0.29) is 28.9 Å². The molecular weight excluding hydrogens is 464 g/mol. The van der Waals surface area contributed by atoms with Crippen LogP contribution in [0, 0.1) is 0 Å². The van der Waals surface area contributed by atoms with Crippen LogP contribution in [0.15, 0.2) is 41.2 Å². The third kappa shape index (κ3) is 6.35. The molecule has 0 bridgehead atoms. The smallest absolute Gasteiger partial charge is 0.272 e. The first-order chi connectivity index (χ1) is 17.7. The fraction of sp³-hybridized carbons (Fsp3) is 0.484. The highest BCUT2D eigenvalue weighted by atomic mass is 16.5. The summed E-state index contributed by atoms with van der Waals surface area (Å²) in [6.45, 7) is 13.7. The number of nitrogens with one attached hydrogen (secondary N) is 1. The maximum Gasteiger partial charge on any atom is 0.272 e. The predicted octanol–water partition coefficient (Wildman–Crippen LogP) is 7.40. The minimum absolute atomic E-state index is 0.232. The summed E-state index contributed by atoms with van der Waals surface area (Å²) in [5.41, 5.74) is 3.55. The molecule has 200 valence electrons. The van der Waals surface area contributed by atoms with E-state index in [9.17, 15) is 9.59 Å². The van der Waals surface area contributed by atoms with Crippen molar-refractivity contribution in [2.75, 3.05) is 18.5 Å². The van der Waals surface area contributed by atoms with E-state index in [4.69, 9.17) is 9.47 Å². The minimum Gasteiger partial charge on any atom is -0.493 e. The molecule has 0 unspecified atom stereocenters. The van der Waals surface area contributed by atoms with Crippen LogP contribution in [0.25, 0.3) is 10.9 Å². The van der Waals surface area contributed by atoms with Crippen LogP contribution < -0.4 is 20.2 Å². The van der Waals surface area contributed by atoms with Gasteiger partial charge in [0.05, 0.1) is 24.1 Å². The molecule has 1 aromatic heterocycles. The van der Waals surface area contributed by atoms with Gasteiger partial charge in [-0.2, -0.15) is 0 Å². The molecule has 6 heteroatoms. The van der Waals surface area contributed by atoms with E-state index in [0.29, 0.717) is 35.6 Å². The topological polar surface area (TPSA) is 69.6 Å². The average Bonchev–Trinajstić information content (AvgIpc) is 2.86. The number of pyridine rings is 1. The number of rotatable bonds is 12. The Morgan fingerprint density at radius 2 is 1.43 bits per heavy atom. The van der Waals surface area contributed by atoms with E-state index in [2.05, 4.69) is 46.9 Å². The van der Waals surface area contributed by atoms with Gasteiger partial charge in [-0.3, -0.25) is 9.59 Å². The van der Waals surface area contributed by atoms with Gasteiger partial charge in [0.2, 0.25) is 0 Å². The van der Waals surface area contributed by atoms with E-state index in [1.54, 1.807) is 17.7 Å². The van der Waals surface area contributed by atoms with Gasteiger partial charge in [-0.15, -0.1) is 0 Å². The Balaban J connectivity index is 2.15. The molecule has 0 saturated heterocycles. The van der Waals surface area contributed by atoms with Crippen molar-refractivity contribution in [1.82, 2.24) is 4.57 Å². The summed E-state index contributed by atoms with van der Waals surface area (Å²) < 4.78 is 13.8. The zero-order valence-electron chi connectivity index (χ0n) is 23.4. The molecule has 2 aromatic carbocycles. The van der Waals surface area contributed by atoms with Crippen molar-refractivity contribution >= 4 is 22.5 Å². The summed E-state index contributed by atoms with van der Waals surface area (Å²) >= 11 is 0. The Hall–Kier alpha value is -3.28. The molecule has 0 spiro atoms. The molecule has 0 aliphatic rings. The maximum atomic E-state index is 13.7. The Bertz CT molecular complexity index is 1260. The quantitative estimate of drug-likeness (QED) is 0.260. The third-order valence-electron chi connectivity index (χ3n) is 6.67. The monoisotopic (exact) mass is 506 g/mol. The van der Waals surface area contributed by atoms with Crippen LogP contribution in [0.3, 0.4) is 0 Å². The summed E-state index contributed by atoms with van der Waals surface area (Å²) in [6.07, 6.45) is 3.78. The van der Waals surface area contributed by atoms with Crippen molar-refractivity contribution in [3.8, 4) is 11.5 Å². The summed E-state index contributed by atoms with van der Waals surface area (Å²) in [5.74, 6) is 1.23. The lowest BCUT2D eigenvalue weighted by atomic mass is 9.92. The van der Waals surface area contributed by atoms with Gasteiger partial charge in [0.1, 0.15) is 17.2 Å². The number of carbonyl (C=O) groups is 1. The second-order valence-electron chi connectivity index (χ2n) is 10.2. The van der Waals surface area contributed by atoms with Gasteiger partial charge in [0.25, 0.3) is 5.91 Å². The van der Waals surface area contributed by atoms with Crippen LogP contribution >= 0.6 is 0 Å². The summed E-state index contributed by atoms with van der Waals surface area (Å²) in [7, 11) is 1.80. The number of aryl methyl sites for hydroxylation is 1. The lowest BCUT2D eigenvalue weighted by Crippen LogP contribution is -2.23. The lowest BCUT2D eigenvalue weighted by Gasteiger charge is -2.22. The number of nitrogens with zero attached hydrogens (tertiary/aromatic N) is 1. The van der Waals surface area contributed by atoms with Crippen LogP contribution in [0.1, 0.15) is 101 Å². The number of benzene rings is 2. The summed E-state index contributed by atoms with van der Waals surface area (Å²) in [4.78, 5) is 27.2. The molecule has 1 amide bonds. The Morgan fingerprint density at radius 1 is 0.892 bits per heavy atom. The number of carbonyl (C=O) groups excluding carboxylic acids is 1. The van der Waals surface area contributed by atoms with Gasteiger partial charge in [0, 0.05) is 18.8 Å². The normalized spacial score (nSPS) is 11.4. The molecule has 3 aromatic rings. The van der Waals surface area contributed by atoms with Crippen molar-refractivity contribution in [3.63, 3.8) is 0 Å². The van der Waals surface area contributed by atoms with E-state index in [0.717, 1.165) is 42.5 Å². The largest absolute Gasteiger partial charge is 0.493 e. The van der Waals surface area contributed by atoms with Gasteiger partial charge in [0.15, 0.2) is 5.43 Å². The van der Waals surface area contributed by atoms with Crippen LogP contribution in [0.2, 0.25) is 0 Å². The third-order valence-corrected chi connectivity index (χ3v) is 6.67. The molecule has 0 fully saturated rings. The van der Waals surface area contributed by atoms with Gasteiger partial charge in [-0.1, -0.05) is 72.6 Å². The van der Waals surface area contributed by atoms with Crippen molar-refractivity contribution in [2.45, 2.75) is 79.1 Å². The number of para-hydroxylation sites is 1. The minimum atomic E-state index is -0.326. The van der Waals surface area contributed by atoms with Gasteiger partial charge < -0.3 is 19.4 Å². The standard InChI is InChI=1S/C31H42N2O4/c1-8-10-17-36-26-15-16-27(37-18-11-9-2)30-28(26)25(34)19-24(33(30)7)31(35)32-29-22(20(3)4)13-12-14-23(29)21(5)6/h12-16,19-21H,8-11,17-18H2,1-7H3,(H,32,35). The number of ether oxygens (including phenoxy) is 2. The van der Waals surface area contributed by atoms with E-state index >= 15 is 0 Å². The van der Waals surface area contributed by atoms with Gasteiger partial charge in [-0.05, 0) is 47.9 Å². The molecule has 0 atom stereocenters. The number of fused-ring (bicyclic) bond motifs is 1. The molecule has 1 N–H and O–H groups in total. The molecular formula is C31H42N2O4. The Labute approximate surface area is 221 Å². The first-order valence-corrected chi connectivity index (χ1v) is 13.6. The molecule has 37 heavy (non-hydrogen) atoms. The molecule has 0 radical (unpaired) electrons. The van der Waals surface area contributed by atoms with E-state index in [1.807, 2.05) is 24.3 Å². The maximum absolute atomic E-state index is 13.7. The second kappa shape index (κ2) is 12.8. The average molecular weight is 507 g/mol. The zero-order chi connectivity index (χ0) is 27.1. The number of amides is 1. The van der Waals surface area contributed by atoms with Crippen molar-refractivity contribution in [1.29, 1.82) is 0 Å². The highest BCUT2D eigenvalue weighted by Crippen LogP contribution is 2.34.